The van der Waals surface area contributed by atoms with Crippen molar-refractivity contribution in [2.45, 2.75) is 38.3 Å². The third-order valence-electron chi connectivity index (χ3n) is 4.66. The number of nitrogens with zero attached hydrogens (tertiary/aromatic N) is 4. The number of rotatable bonds is 5. The highest BCUT2D eigenvalue weighted by atomic mass is 15.3. The summed E-state index contributed by atoms with van der Waals surface area (Å²) < 4.78 is 2.20. The van der Waals surface area contributed by atoms with Gasteiger partial charge in [0.2, 0.25) is 0 Å². The molecule has 5 heteroatoms. The molecule has 0 atom stereocenters. The third-order valence-corrected chi connectivity index (χ3v) is 4.66. The smallest absolute Gasteiger partial charge is 0.0764 e. The fourth-order valence-corrected chi connectivity index (χ4v) is 3.42. The van der Waals surface area contributed by atoms with Gasteiger partial charge in [0.05, 0.1) is 11.7 Å². The zero-order valence-electron chi connectivity index (χ0n) is 12.4. The highest BCUT2D eigenvalue weighted by Gasteiger charge is 2.19. The zero-order chi connectivity index (χ0) is 13.8. The molecule has 0 amide bonds. The van der Waals surface area contributed by atoms with Crippen LogP contribution in [0.25, 0.3) is 0 Å². The Morgan fingerprint density at radius 3 is 2.50 bits per heavy atom. The molecule has 1 aliphatic heterocycles. The molecule has 5 nitrogen and oxygen atoms in total. The van der Waals surface area contributed by atoms with Crippen LogP contribution in [0.2, 0.25) is 0 Å². The number of nitrogens with two attached hydrogens (primary N) is 1. The second kappa shape index (κ2) is 6.70. The fraction of sp³-hybridized carbons (Fsp3) is 0.800. The first-order chi connectivity index (χ1) is 9.85. The Labute approximate surface area is 121 Å². The van der Waals surface area contributed by atoms with Crippen LogP contribution in [0.3, 0.4) is 0 Å². The van der Waals surface area contributed by atoms with Gasteiger partial charge in [-0.1, -0.05) is 12.8 Å². The molecule has 2 heterocycles. The van der Waals surface area contributed by atoms with Crippen molar-refractivity contribution in [1.82, 2.24) is 19.6 Å². The van der Waals surface area contributed by atoms with E-state index in [1.54, 1.807) is 0 Å². The Kier molecular flexibility index (Phi) is 4.70. The molecule has 2 fully saturated rings. The van der Waals surface area contributed by atoms with Gasteiger partial charge in [-0.2, -0.15) is 5.10 Å². The molecule has 0 radical (unpaired) electrons. The van der Waals surface area contributed by atoms with E-state index in [1.165, 1.54) is 31.4 Å². The van der Waals surface area contributed by atoms with Gasteiger partial charge in [0, 0.05) is 52.0 Å². The van der Waals surface area contributed by atoms with Crippen molar-refractivity contribution in [2.24, 2.45) is 5.73 Å². The molecule has 0 unspecified atom stereocenters. The molecule has 3 rings (SSSR count). The van der Waals surface area contributed by atoms with Gasteiger partial charge in [-0.15, -0.1) is 0 Å². The van der Waals surface area contributed by atoms with Crippen molar-refractivity contribution >= 4 is 0 Å². The minimum atomic E-state index is 0.658. The van der Waals surface area contributed by atoms with Crippen molar-refractivity contribution in [3.63, 3.8) is 0 Å². The summed E-state index contributed by atoms with van der Waals surface area (Å²) in [7, 11) is 0. The van der Waals surface area contributed by atoms with E-state index in [2.05, 4.69) is 26.7 Å². The second-order valence-corrected chi connectivity index (χ2v) is 6.13. The summed E-state index contributed by atoms with van der Waals surface area (Å²) in [4.78, 5) is 4.96. The maximum Gasteiger partial charge on any atom is 0.0764 e. The van der Waals surface area contributed by atoms with Gasteiger partial charge in [-0.05, 0) is 18.9 Å². The average Bonchev–Trinajstić information content (AvgIpc) is 3.12. The quantitative estimate of drug-likeness (QED) is 0.875. The molecule has 1 aliphatic carbocycles. The molecule has 2 N–H and O–H groups in total. The molecular formula is C15H27N5. The van der Waals surface area contributed by atoms with Gasteiger partial charge in [0.1, 0.15) is 0 Å². The van der Waals surface area contributed by atoms with E-state index in [0.29, 0.717) is 6.04 Å². The molecule has 2 aliphatic rings. The molecule has 0 spiro atoms. The van der Waals surface area contributed by atoms with Crippen LogP contribution in [-0.4, -0.2) is 58.8 Å². The van der Waals surface area contributed by atoms with Crippen LogP contribution in [0.4, 0.5) is 0 Å². The van der Waals surface area contributed by atoms with Crippen molar-refractivity contribution in [3.8, 4) is 0 Å². The average molecular weight is 277 g/mol. The number of hydrogen-bond acceptors (Lipinski definition) is 4. The van der Waals surface area contributed by atoms with E-state index in [0.717, 1.165) is 45.8 Å². The van der Waals surface area contributed by atoms with E-state index < -0.39 is 0 Å². The van der Waals surface area contributed by atoms with Crippen molar-refractivity contribution in [3.05, 3.63) is 18.0 Å². The van der Waals surface area contributed by atoms with Crippen LogP contribution in [0, 0.1) is 0 Å². The fourth-order valence-electron chi connectivity index (χ4n) is 3.42. The molecule has 112 valence electrons. The molecule has 0 aromatic carbocycles. The molecule has 1 saturated heterocycles. The van der Waals surface area contributed by atoms with Gasteiger partial charge >= 0.3 is 0 Å². The highest BCUT2D eigenvalue weighted by Crippen LogP contribution is 2.28. The summed E-state index contributed by atoms with van der Waals surface area (Å²) >= 11 is 0. The second-order valence-electron chi connectivity index (χ2n) is 6.13. The molecule has 20 heavy (non-hydrogen) atoms. The summed E-state index contributed by atoms with van der Waals surface area (Å²) in [5.41, 5.74) is 6.84. The van der Waals surface area contributed by atoms with Crippen LogP contribution in [0.15, 0.2) is 12.3 Å². The van der Waals surface area contributed by atoms with E-state index in [4.69, 9.17) is 10.8 Å². The molecule has 1 aromatic heterocycles. The van der Waals surface area contributed by atoms with Gasteiger partial charge in [0.25, 0.3) is 0 Å². The van der Waals surface area contributed by atoms with Crippen molar-refractivity contribution in [1.29, 1.82) is 0 Å². The van der Waals surface area contributed by atoms with Crippen LogP contribution in [0.1, 0.15) is 37.4 Å². The Balaban J connectivity index is 1.49. The van der Waals surface area contributed by atoms with Crippen LogP contribution >= 0.6 is 0 Å². The maximum atomic E-state index is 5.61. The van der Waals surface area contributed by atoms with Gasteiger partial charge in [-0.3, -0.25) is 14.5 Å². The summed E-state index contributed by atoms with van der Waals surface area (Å²) in [6.07, 6.45) is 7.51. The van der Waals surface area contributed by atoms with Gasteiger partial charge in [0.15, 0.2) is 0 Å². The normalized spacial score (nSPS) is 22.6. The summed E-state index contributed by atoms with van der Waals surface area (Å²) in [6.45, 7) is 7.35. The van der Waals surface area contributed by atoms with E-state index >= 15 is 0 Å². The van der Waals surface area contributed by atoms with E-state index in [1.807, 2.05) is 0 Å². The number of piperazine rings is 1. The largest absolute Gasteiger partial charge is 0.329 e. The maximum absolute atomic E-state index is 5.61. The van der Waals surface area contributed by atoms with Gasteiger partial charge < -0.3 is 5.73 Å². The Hall–Kier alpha value is -0.910. The van der Waals surface area contributed by atoms with Crippen LogP contribution < -0.4 is 5.73 Å². The Bertz CT molecular complexity index is 402. The monoisotopic (exact) mass is 277 g/mol. The SMILES string of the molecule is NCCN1CCN(Cc2ccn(C3CCCC3)n2)CC1. The standard InChI is InChI=1S/C15H27N5/c16-6-8-18-9-11-19(12-10-18)13-14-5-7-20(17-14)15-3-1-2-4-15/h5,7,15H,1-4,6,8-13,16H2. The third kappa shape index (κ3) is 3.40. The summed E-state index contributed by atoms with van der Waals surface area (Å²) in [5.74, 6) is 0. The lowest BCUT2D eigenvalue weighted by Crippen LogP contribution is -2.47. The first-order valence-electron chi connectivity index (χ1n) is 8.04. The predicted molar refractivity (Wildman–Crippen MR) is 80.5 cm³/mol. The van der Waals surface area contributed by atoms with Gasteiger partial charge in [-0.25, -0.2) is 0 Å². The highest BCUT2D eigenvalue weighted by molar-refractivity contribution is 5.00. The van der Waals surface area contributed by atoms with Crippen molar-refractivity contribution < 1.29 is 0 Å². The molecule has 1 aromatic rings. The first-order valence-corrected chi connectivity index (χ1v) is 8.04. The van der Waals surface area contributed by atoms with Crippen molar-refractivity contribution in [2.75, 3.05) is 39.3 Å². The molecular weight excluding hydrogens is 250 g/mol. The van der Waals surface area contributed by atoms with Crippen LogP contribution in [0.5, 0.6) is 0 Å². The number of aromatic nitrogens is 2. The lowest BCUT2D eigenvalue weighted by molar-refractivity contribution is 0.128. The van der Waals surface area contributed by atoms with Crippen LogP contribution in [-0.2, 0) is 6.54 Å². The Morgan fingerprint density at radius 1 is 1.10 bits per heavy atom. The first kappa shape index (κ1) is 14.0. The number of hydrogen-bond donors (Lipinski definition) is 1. The van der Waals surface area contributed by atoms with E-state index in [-0.39, 0.29) is 0 Å². The lowest BCUT2D eigenvalue weighted by atomic mass is 10.3. The minimum Gasteiger partial charge on any atom is -0.329 e. The summed E-state index contributed by atoms with van der Waals surface area (Å²) in [5, 5.41) is 4.78. The lowest BCUT2D eigenvalue weighted by Gasteiger charge is -2.34. The zero-order valence-corrected chi connectivity index (χ0v) is 12.4. The summed E-state index contributed by atoms with van der Waals surface area (Å²) in [6, 6.07) is 2.86. The molecule has 0 bridgehead atoms. The minimum absolute atomic E-state index is 0.658. The van der Waals surface area contributed by atoms with E-state index in [9.17, 15) is 0 Å². The topological polar surface area (TPSA) is 50.3 Å². The predicted octanol–water partition coefficient (Wildman–Crippen LogP) is 1.07. The molecule has 1 saturated carbocycles. The Morgan fingerprint density at radius 2 is 1.80 bits per heavy atom.